The van der Waals surface area contributed by atoms with Crippen LogP contribution in [0, 0.1) is 0 Å². The number of ether oxygens (including phenoxy) is 1. The number of amides is 1. The number of esters is 1. The normalized spacial score (nSPS) is 11.0. The number of halogens is 1. The van der Waals surface area contributed by atoms with Gasteiger partial charge in [-0.1, -0.05) is 18.2 Å². The SMILES string of the molecule is COC(=O)c1cc(-c2csc(NC(=O)c3c(Br)c4ccccc4n3C)n2)c[nH]1. The van der Waals surface area contributed by atoms with E-state index in [4.69, 9.17) is 0 Å². The van der Waals surface area contributed by atoms with E-state index in [0.29, 0.717) is 22.2 Å². The highest BCUT2D eigenvalue weighted by atomic mass is 79.9. The minimum Gasteiger partial charge on any atom is -0.464 e. The standard InChI is InChI=1S/C19H15BrN4O3S/c1-24-14-6-4-3-5-11(14)15(20)16(24)17(25)23-19-22-13(9-28-19)10-7-12(21-8-10)18(26)27-2/h3-9,21H,1-2H3,(H,22,23,25). The van der Waals surface area contributed by atoms with Crippen LogP contribution >= 0.6 is 27.3 Å². The number of carbonyl (C=O) groups is 2. The van der Waals surface area contributed by atoms with E-state index in [0.717, 1.165) is 20.9 Å². The molecule has 28 heavy (non-hydrogen) atoms. The lowest BCUT2D eigenvalue weighted by Gasteiger charge is -2.04. The summed E-state index contributed by atoms with van der Waals surface area (Å²) in [5.41, 5.74) is 3.22. The maximum Gasteiger partial charge on any atom is 0.354 e. The van der Waals surface area contributed by atoms with Gasteiger partial charge in [0, 0.05) is 35.1 Å². The van der Waals surface area contributed by atoms with Crippen LogP contribution in [0.1, 0.15) is 21.0 Å². The lowest BCUT2D eigenvalue weighted by atomic mass is 10.2. The highest BCUT2D eigenvalue weighted by Crippen LogP contribution is 2.31. The average Bonchev–Trinajstić information content (AvgIpc) is 3.41. The van der Waals surface area contributed by atoms with E-state index < -0.39 is 5.97 Å². The molecule has 0 saturated carbocycles. The quantitative estimate of drug-likeness (QED) is 0.442. The van der Waals surface area contributed by atoms with Crippen LogP contribution in [-0.2, 0) is 11.8 Å². The predicted molar refractivity (Wildman–Crippen MR) is 112 cm³/mol. The number of aryl methyl sites for hydroxylation is 1. The molecule has 0 bridgehead atoms. The van der Waals surface area contributed by atoms with E-state index >= 15 is 0 Å². The Balaban J connectivity index is 1.59. The summed E-state index contributed by atoms with van der Waals surface area (Å²) in [5, 5.41) is 6.10. The number of thiazole rings is 1. The molecule has 7 nitrogen and oxygen atoms in total. The largest absolute Gasteiger partial charge is 0.464 e. The van der Waals surface area contributed by atoms with Gasteiger partial charge in [0.05, 0.1) is 17.3 Å². The second-order valence-electron chi connectivity index (χ2n) is 6.02. The van der Waals surface area contributed by atoms with Crippen molar-refractivity contribution in [2.24, 2.45) is 7.05 Å². The number of fused-ring (bicyclic) bond motifs is 1. The van der Waals surface area contributed by atoms with Crippen molar-refractivity contribution in [1.82, 2.24) is 14.5 Å². The highest BCUT2D eigenvalue weighted by molar-refractivity contribution is 9.10. The molecule has 1 amide bonds. The number of carbonyl (C=O) groups excluding carboxylic acids is 2. The first-order valence-electron chi connectivity index (χ1n) is 8.26. The zero-order chi connectivity index (χ0) is 19.8. The predicted octanol–water partition coefficient (Wildman–Crippen LogP) is 4.43. The van der Waals surface area contributed by atoms with Crippen molar-refractivity contribution < 1.29 is 14.3 Å². The van der Waals surface area contributed by atoms with Gasteiger partial charge in [0.15, 0.2) is 5.13 Å². The Labute approximate surface area is 172 Å². The van der Waals surface area contributed by atoms with Gasteiger partial charge in [0.25, 0.3) is 5.91 Å². The highest BCUT2D eigenvalue weighted by Gasteiger charge is 2.20. The van der Waals surface area contributed by atoms with Crippen LogP contribution in [0.5, 0.6) is 0 Å². The van der Waals surface area contributed by atoms with Crippen molar-refractivity contribution >= 4 is 55.2 Å². The second kappa shape index (κ2) is 7.25. The Kier molecular flexibility index (Phi) is 4.78. The minimum absolute atomic E-state index is 0.254. The van der Waals surface area contributed by atoms with E-state index in [1.54, 1.807) is 12.3 Å². The molecule has 0 aliphatic carbocycles. The summed E-state index contributed by atoms with van der Waals surface area (Å²) < 4.78 is 7.28. The molecule has 0 atom stereocenters. The number of anilines is 1. The number of rotatable bonds is 4. The van der Waals surface area contributed by atoms with E-state index in [1.165, 1.54) is 18.4 Å². The molecule has 4 rings (SSSR count). The van der Waals surface area contributed by atoms with Crippen LogP contribution < -0.4 is 5.32 Å². The fraction of sp³-hybridized carbons (Fsp3) is 0.105. The van der Waals surface area contributed by atoms with Gasteiger partial charge in [-0.15, -0.1) is 11.3 Å². The summed E-state index contributed by atoms with van der Waals surface area (Å²) in [4.78, 5) is 31.7. The van der Waals surface area contributed by atoms with Gasteiger partial charge in [0.2, 0.25) is 0 Å². The molecule has 142 valence electrons. The van der Waals surface area contributed by atoms with Crippen LogP contribution in [0.25, 0.3) is 22.2 Å². The molecule has 0 fully saturated rings. The van der Waals surface area contributed by atoms with Crippen molar-refractivity contribution in [3.63, 3.8) is 0 Å². The third-order valence-corrected chi connectivity index (χ3v) is 5.93. The number of hydrogen-bond donors (Lipinski definition) is 2. The number of nitrogens with one attached hydrogen (secondary N) is 2. The summed E-state index contributed by atoms with van der Waals surface area (Å²) >= 11 is 4.85. The van der Waals surface area contributed by atoms with Gasteiger partial charge >= 0.3 is 5.97 Å². The van der Waals surface area contributed by atoms with Gasteiger partial charge in [-0.05, 0) is 28.1 Å². The van der Waals surface area contributed by atoms with Crippen molar-refractivity contribution in [3.05, 3.63) is 57.8 Å². The van der Waals surface area contributed by atoms with Gasteiger partial charge in [-0.3, -0.25) is 10.1 Å². The first kappa shape index (κ1) is 18.5. The summed E-state index contributed by atoms with van der Waals surface area (Å²) in [6, 6.07) is 9.45. The average molecular weight is 459 g/mol. The molecule has 0 aliphatic heterocycles. The molecular weight excluding hydrogens is 444 g/mol. The molecule has 2 N–H and O–H groups in total. The molecule has 0 aliphatic rings. The van der Waals surface area contributed by atoms with Gasteiger partial charge in [0.1, 0.15) is 11.4 Å². The van der Waals surface area contributed by atoms with E-state index in [1.807, 2.05) is 41.3 Å². The van der Waals surface area contributed by atoms with Gasteiger partial charge in [-0.25, -0.2) is 9.78 Å². The zero-order valence-electron chi connectivity index (χ0n) is 14.9. The topological polar surface area (TPSA) is 89.0 Å². The summed E-state index contributed by atoms with van der Waals surface area (Å²) in [6.45, 7) is 0. The molecule has 0 spiro atoms. The number of methoxy groups -OCH3 is 1. The number of para-hydroxylation sites is 1. The number of benzene rings is 1. The van der Waals surface area contributed by atoms with Crippen molar-refractivity contribution in [2.75, 3.05) is 12.4 Å². The van der Waals surface area contributed by atoms with Gasteiger partial charge in [-0.2, -0.15) is 0 Å². The minimum atomic E-state index is -0.448. The first-order chi connectivity index (χ1) is 13.5. The van der Waals surface area contributed by atoms with Crippen LogP contribution in [0.4, 0.5) is 5.13 Å². The fourth-order valence-electron chi connectivity index (χ4n) is 2.99. The number of H-pyrrole nitrogens is 1. The Hall–Kier alpha value is -2.91. The Bertz CT molecular complexity index is 1170. The summed E-state index contributed by atoms with van der Waals surface area (Å²) in [5.74, 6) is -0.702. The third-order valence-electron chi connectivity index (χ3n) is 4.37. The van der Waals surface area contributed by atoms with Crippen molar-refractivity contribution in [2.45, 2.75) is 0 Å². The third kappa shape index (κ3) is 3.12. The molecule has 3 heterocycles. The molecule has 0 radical (unpaired) electrons. The molecule has 0 unspecified atom stereocenters. The molecule has 0 saturated heterocycles. The van der Waals surface area contributed by atoms with E-state index in [-0.39, 0.29) is 5.91 Å². The van der Waals surface area contributed by atoms with Crippen molar-refractivity contribution in [1.29, 1.82) is 0 Å². The Morgan fingerprint density at radius 1 is 1.32 bits per heavy atom. The second-order valence-corrected chi connectivity index (χ2v) is 7.68. The Morgan fingerprint density at radius 2 is 2.11 bits per heavy atom. The summed E-state index contributed by atoms with van der Waals surface area (Å²) in [6.07, 6.45) is 1.67. The number of nitrogens with zero attached hydrogens (tertiary/aromatic N) is 2. The van der Waals surface area contributed by atoms with Crippen LogP contribution in [0.2, 0.25) is 0 Å². The van der Waals surface area contributed by atoms with Crippen LogP contribution in [-0.4, -0.2) is 33.5 Å². The van der Waals surface area contributed by atoms with Crippen LogP contribution in [0.3, 0.4) is 0 Å². The molecule has 9 heteroatoms. The zero-order valence-corrected chi connectivity index (χ0v) is 17.3. The molecular formula is C19H15BrN4O3S. The molecule has 1 aromatic carbocycles. The first-order valence-corrected chi connectivity index (χ1v) is 9.93. The Morgan fingerprint density at radius 3 is 2.86 bits per heavy atom. The monoisotopic (exact) mass is 458 g/mol. The molecule has 4 aromatic rings. The lowest BCUT2D eigenvalue weighted by molar-refractivity contribution is 0.0594. The van der Waals surface area contributed by atoms with E-state index in [2.05, 4.69) is 36.0 Å². The maximum atomic E-state index is 12.8. The number of hydrogen-bond acceptors (Lipinski definition) is 5. The van der Waals surface area contributed by atoms with Crippen LogP contribution in [0.15, 0.2) is 46.4 Å². The fourth-order valence-corrected chi connectivity index (χ4v) is 4.49. The van der Waals surface area contributed by atoms with Gasteiger partial charge < -0.3 is 14.3 Å². The molecule has 3 aromatic heterocycles. The summed E-state index contributed by atoms with van der Waals surface area (Å²) in [7, 11) is 3.17. The number of aromatic nitrogens is 3. The van der Waals surface area contributed by atoms with E-state index in [9.17, 15) is 9.59 Å². The van der Waals surface area contributed by atoms with Crippen molar-refractivity contribution in [3.8, 4) is 11.3 Å². The number of aromatic amines is 1. The lowest BCUT2D eigenvalue weighted by Crippen LogP contribution is -2.16. The maximum absolute atomic E-state index is 12.8. The smallest absolute Gasteiger partial charge is 0.354 e.